The van der Waals surface area contributed by atoms with Crippen LogP contribution >= 0.6 is 0 Å². The fraction of sp³-hybridized carbons (Fsp3) is 0.667. The number of aromatic nitrogens is 2. The lowest BCUT2D eigenvalue weighted by atomic mass is 9.81. The van der Waals surface area contributed by atoms with Crippen LogP contribution in [-0.2, 0) is 0 Å². The summed E-state index contributed by atoms with van der Waals surface area (Å²) >= 11 is 0. The Labute approximate surface area is 104 Å². The van der Waals surface area contributed by atoms with Crippen molar-refractivity contribution in [3.63, 3.8) is 0 Å². The van der Waals surface area contributed by atoms with Crippen LogP contribution < -0.4 is 5.32 Å². The third-order valence-corrected chi connectivity index (χ3v) is 3.10. The second kappa shape index (κ2) is 4.66. The van der Waals surface area contributed by atoms with Crippen LogP contribution in [-0.4, -0.2) is 28.2 Å². The summed E-state index contributed by atoms with van der Waals surface area (Å²) in [6.07, 6.45) is 1.47. The van der Waals surface area contributed by atoms with E-state index in [1.165, 1.54) is 0 Å². The number of halogens is 2. The second-order valence-corrected chi connectivity index (χ2v) is 5.11. The van der Waals surface area contributed by atoms with Crippen LogP contribution in [0.3, 0.4) is 0 Å². The Bertz CT molecular complexity index is 434. The molecule has 0 spiro atoms. The van der Waals surface area contributed by atoms with E-state index < -0.39 is 5.92 Å². The van der Waals surface area contributed by atoms with Gasteiger partial charge in [0.05, 0.1) is 0 Å². The van der Waals surface area contributed by atoms with Gasteiger partial charge < -0.3 is 5.32 Å². The van der Waals surface area contributed by atoms with Gasteiger partial charge in [-0.25, -0.2) is 8.78 Å². The Morgan fingerprint density at radius 2 is 2.28 bits per heavy atom. The number of carbonyl (C=O) groups excluding carboxylic acids is 1. The number of hydrogen-bond acceptors (Lipinski definition) is 2. The third-order valence-electron chi connectivity index (χ3n) is 3.10. The first-order chi connectivity index (χ1) is 8.37. The van der Waals surface area contributed by atoms with Crippen LogP contribution in [0, 0.1) is 5.92 Å². The smallest absolute Gasteiger partial charge is 0.271 e. The van der Waals surface area contributed by atoms with E-state index in [1.807, 2.05) is 13.8 Å². The molecule has 1 aliphatic carbocycles. The van der Waals surface area contributed by atoms with Gasteiger partial charge in [-0.3, -0.25) is 9.48 Å². The molecule has 1 heterocycles. The molecule has 1 aliphatic rings. The predicted molar refractivity (Wildman–Crippen MR) is 62.6 cm³/mol. The average Bonchev–Trinajstić information content (AvgIpc) is 2.72. The normalized spacial score (nSPS) is 18.7. The van der Waals surface area contributed by atoms with Crippen LogP contribution in [0.25, 0.3) is 0 Å². The molecule has 0 bridgehead atoms. The Hall–Kier alpha value is -1.46. The standard InChI is InChI=1S/C12H17F2N3O/c1-8(2)17-4-3-10(16-17)11(18)15-7-9-5-12(13,14)6-9/h3-4,8-9H,5-7H2,1-2H3,(H,15,18). The van der Waals surface area contributed by atoms with Gasteiger partial charge in [0, 0.05) is 31.6 Å². The first-order valence-corrected chi connectivity index (χ1v) is 6.08. The molecule has 1 aromatic heterocycles. The van der Waals surface area contributed by atoms with Crippen molar-refractivity contribution in [2.45, 2.75) is 38.7 Å². The van der Waals surface area contributed by atoms with E-state index in [0.717, 1.165) is 0 Å². The molecule has 18 heavy (non-hydrogen) atoms. The maximum absolute atomic E-state index is 12.6. The van der Waals surface area contributed by atoms with Crippen molar-refractivity contribution in [3.05, 3.63) is 18.0 Å². The molecule has 1 N–H and O–H groups in total. The summed E-state index contributed by atoms with van der Waals surface area (Å²) in [5.74, 6) is -2.95. The number of nitrogens with zero attached hydrogens (tertiary/aromatic N) is 2. The Morgan fingerprint density at radius 1 is 1.61 bits per heavy atom. The topological polar surface area (TPSA) is 46.9 Å². The molecule has 2 rings (SSSR count). The van der Waals surface area contributed by atoms with Crippen molar-refractivity contribution < 1.29 is 13.6 Å². The maximum atomic E-state index is 12.6. The molecule has 0 atom stereocenters. The van der Waals surface area contributed by atoms with Crippen LogP contribution in [0.15, 0.2) is 12.3 Å². The van der Waals surface area contributed by atoms with Crippen LogP contribution in [0.4, 0.5) is 8.78 Å². The molecule has 0 aromatic carbocycles. The van der Waals surface area contributed by atoms with E-state index in [-0.39, 0.29) is 30.7 Å². The zero-order valence-corrected chi connectivity index (χ0v) is 10.5. The highest BCUT2D eigenvalue weighted by Gasteiger charge is 2.45. The van der Waals surface area contributed by atoms with E-state index in [1.54, 1.807) is 16.9 Å². The quantitative estimate of drug-likeness (QED) is 0.899. The second-order valence-electron chi connectivity index (χ2n) is 5.11. The number of hydrogen-bond donors (Lipinski definition) is 1. The Balaban J connectivity index is 1.81. The largest absolute Gasteiger partial charge is 0.350 e. The third kappa shape index (κ3) is 2.86. The average molecular weight is 257 g/mol. The molecule has 0 radical (unpaired) electrons. The van der Waals surface area contributed by atoms with Gasteiger partial charge in [0.2, 0.25) is 5.92 Å². The van der Waals surface area contributed by atoms with E-state index in [9.17, 15) is 13.6 Å². The number of rotatable bonds is 4. The van der Waals surface area contributed by atoms with Crippen LogP contribution in [0.5, 0.6) is 0 Å². The summed E-state index contributed by atoms with van der Waals surface area (Å²) in [5, 5.41) is 6.76. The molecule has 0 aliphatic heterocycles. The van der Waals surface area contributed by atoms with Gasteiger partial charge in [0.25, 0.3) is 5.91 Å². The van der Waals surface area contributed by atoms with E-state index in [0.29, 0.717) is 12.2 Å². The van der Waals surface area contributed by atoms with Crippen molar-refractivity contribution in [3.8, 4) is 0 Å². The van der Waals surface area contributed by atoms with E-state index in [2.05, 4.69) is 10.4 Å². The van der Waals surface area contributed by atoms with Crippen molar-refractivity contribution in [1.82, 2.24) is 15.1 Å². The molecule has 0 unspecified atom stereocenters. The first-order valence-electron chi connectivity index (χ1n) is 6.08. The summed E-state index contributed by atoms with van der Waals surface area (Å²) in [5.41, 5.74) is 0.329. The summed E-state index contributed by atoms with van der Waals surface area (Å²) in [4.78, 5) is 11.7. The van der Waals surface area contributed by atoms with Gasteiger partial charge in [0.15, 0.2) is 0 Å². The Kier molecular flexibility index (Phi) is 3.36. The van der Waals surface area contributed by atoms with Crippen molar-refractivity contribution >= 4 is 5.91 Å². The minimum Gasteiger partial charge on any atom is -0.350 e. The van der Waals surface area contributed by atoms with Gasteiger partial charge >= 0.3 is 0 Å². The highest BCUT2D eigenvalue weighted by Crippen LogP contribution is 2.41. The zero-order chi connectivity index (χ0) is 13.3. The van der Waals surface area contributed by atoms with Gasteiger partial charge in [-0.15, -0.1) is 0 Å². The Morgan fingerprint density at radius 3 is 2.78 bits per heavy atom. The van der Waals surface area contributed by atoms with Crippen molar-refractivity contribution in [2.24, 2.45) is 5.92 Å². The van der Waals surface area contributed by atoms with Gasteiger partial charge in [-0.1, -0.05) is 0 Å². The minimum atomic E-state index is -2.53. The van der Waals surface area contributed by atoms with Crippen molar-refractivity contribution in [2.75, 3.05) is 6.54 Å². The minimum absolute atomic E-state index is 0.115. The number of carbonyl (C=O) groups is 1. The van der Waals surface area contributed by atoms with Gasteiger partial charge in [-0.05, 0) is 25.8 Å². The maximum Gasteiger partial charge on any atom is 0.271 e. The first kappa shape index (κ1) is 13.0. The lowest BCUT2D eigenvalue weighted by Gasteiger charge is -2.34. The molecular weight excluding hydrogens is 240 g/mol. The molecule has 1 fully saturated rings. The molecule has 1 amide bonds. The fourth-order valence-electron chi connectivity index (χ4n) is 2.00. The summed E-state index contributed by atoms with van der Waals surface area (Å²) in [6, 6.07) is 1.82. The monoisotopic (exact) mass is 257 g/mol. The van der Waals surface area contributed by atoms with Gasteiger partial charge in [-0.2, -0.15) is 5.10 Å². The number of amides is 1. The highest BCUT2D eigenvalue weighted by atomic mass is 19.3. The summed E-state index contributed by atoms with van der Waals surface area (Å²) < 4.78 is 26.9. The number of alkyl halides is 2. The molecule has 1 saturated carbocycles. The number of nitrogens with one attached hydrogen (secondary N) is 1. The molecule has 100 valence electrons. The molecular formula is C12H17F2N3O. The molecule has 1 aromatic rings. The molecule has 6 heteroatoms. The highest BCUT2D eigenvalue weighted by molar-refractivity contribution is 5.92. The molecule has 4 nitrogen and oxygen atoms in total. The SMILES string of the molecule is CC(C)n1ccc(C(=O)NCC2CC(F)(F)C2)n1. The van der Waals surface area contributed by atoms with Crippen LogP contribution in [0.2, 0.25) is 0 Å². The summed E-state index contributed by atoms with van der Waals surface area (Å²) in [7, 11) is 0. The predicted octanol–water partition coefficient (Wildman–Crippen LogP) is 2.24. The summed E-state index contributed by atoms with van der Waals surface area (Å²) in [6.45, 7) is 4.22. The lowest BCUT2D eigenvalue weighted by Crippen LogP contribution is -2.42. The van der Waals surface area contributed by atoms with Crippen molar-refractivity contribution in [1.29, 1.82) is 0 Å². The zero-order valence-electron chi connectivity index (χ0n) is 10.5. The van der Waals surface area contributed by atoms with E-state index >= 15 is 0 Å². The lowest BCUT2D eigenvalue weighted by molar-refractivity contribution is -0.108. The molecule has 0 saturated heterocycles. The van der Waals surface area contributed by atoms with Gasteiger partial charge in [0.1, 0.15) is 5.69 Å². The van der Waals surface area contributed by atoms with E-state index in [4.69, 9.17) is 0 Å². The fourth-order valence-corrected chi connectivity index (χ4v) is 2.00. The van der Waals surface area contributed by atoms with Crippen LogP contribution in [0.1, 0.15) is 43.2 Å².